The van der Waals surface area contributed by atoms with Gasteiger partial charge in [0.25, 0.3) is 0 Å². The zero-order chi connectivity index (χ0) is 20.2. The molecule has 29 heavy (non-hydrogen) atoms. The summed E-state index contributed by atoms with van der Waals surface area (Å²) in [6, 6.07) is 23.1. The smallest absolute Gasteiger partial charge is 0.363 e. The fourth-order valence-corrected chi connectivity index (χ4v) is 3.37. The minimum atomic E-state index is -0.471. The SMILES string of the molecule is O=C1OC(c2ccc(I)cc2)=N/C1=C\c1ccccc1OCc1ccc(Br)cc1. The minimum absolute atomic E-state index is 0.248. The number of esters is 1. The maximum absolute atomic E-state index is 12.3. The first-order valence-corrected chi connectivity index (χ1v) is 10.7. The fraction of sp³-hybridized carbons (Fsp3) is 0.0435. The van der Waals surface area contributed by atoms with Crippen LogP contribution in [0.1, 0.15) is 16.7 Å². The van der Waals surface area contributed by atoms with Gasteiger partial charge in [-0.25, -0.2) is 9.79 Å². The van der Waals surface area contributed by atoms with Gasteiger partial charge in [-0.3, -0.25) is 0 Å². The summed E-state index contributed by atoms with van der Waals surface area (Å²) in [4.78, 5) is 16.7. The van der Waals surface area contributed by atoms with Crippen LogP contribution in [0.5, 0.6) is 5.75 Å². The van der Waals surface area contributed by atoms with Gasteiger partial charge in [-0.2, -0.15) is 0 Å². The van der Waals surface area contributed by atoms with Gasteiger partial charge in [0.05, 0.1) is 0 Å². The van der Waals surface area contributed by atoms with Gasteiger partial charge < -0.3 is 9.47 Å². The molecule has 4 rings (SSSR count). The highest BCUT2D eigenvalue weighted by molar-refractivity contribution is 14.1. The number of para-hydroxylation sites is 1. The molecular weight excluding hydrogens is 545 g/mol. The van der Waals surface area contributed by atoms with Crippen LogP contribution in [0.4, 0.5) is 0 Å². The molecule has 0 bridgehead atoms. The Labute approximate surface area is 190 Å². The van der Waals surface area contributed by atoms with Crippen LogP contribution in [0.15, 0.2) is 88.0 Å². The number of cyclic esters (lactones) is 1. The standard InChI is InChI=1S/C23H15BrINO3/c24-18-9-5-15(6-10-18)14-28-21-4-2-1-3-17(21)13-20-23(27)29-22(26-20)16-7-11-19(25)12-8-16/h1-13H,14H2/b20-13-. The van der Waals surface area contributed by atoms with E-state index in [4.69, 9.17) is 9.47 Å². The lowest BCUT2D eigenvalue weighted by atomic mass is 10.1. The van der Waals surface area contributed by atoms with Gasteiger partial charge >= 0.3 is 5.97 Å². The first-order valence-electron chi connectivity index (χ1n) is 8.83. The summed E-state index contributed by atoms with van der Waals surface area (Å²) in [7, 11) is 0. The molecular formula is C23H15BrINO3. The molecule has 1 heterocycles. The molecule has 0 amide bonds. The molecule has 1 aliphatic rings. The Morgan fingerprint density at radius 3 is 2.48 bits per heavy atom. The highest BCUT2D eigenvalue weighted by Crippen LogP contribution is 2.26. The first kappa shape index (κ1) is 19.8. The molecule has 4 nitrogen and oxygen atoms in total. The van der Waals surface area contributed by atoms with Crippen molar-refractivity contribution in [2.75, 3.05) is 0 Å². The molecule has 3 aromatic rings. The second-order valence-corrected chi connectivity index (χ2v) is 8.46. The summed E-state index contributed by atoms with van der Waals surface area (Å²) in [6.45, 7) is 0.426. The Kier molecular flexibility index (Phi) is 6.10. The number of carbonyl (C=O) groups excluding carboxylic acids is 1. The molecule has 0 unspecified atom stereocenters. The Hall–Kier alpha value is -2.45. The number of hydrogen-bond donors (Lipinski definition) is 0. The van der Waals surface area contributed by atoms with Crippen LogP contribution in [0.25, 0.3) is 6.08 Å². The summed E-state index contributed by atoms with van der Waals surface area (Å²) in [5.41, 5.74) is 2.83. The molecule has 3 aromatic carbocycles. The van der Waals surface area contributed by atoms with Gasteiger partial charge in [0.2, 0.25) is 5.90 Å². The van der Waals surface area contributed by atoms with Gasteiger partial charge in [0.15, 0.2) is 5.70 Å². The molecule has 0 saturated heterocycles. The third-order valence-electron chi connectivity index (χ3n) is 4.23. The molecule has 0 saturated carbocycles. The van der Waals surface area contributed by atoms with Crippen LogP contribution >= 0.6 is 38.5 Å². The first-order chi connectivity index (χ1) is 14.1. The Morgan fingerprint density at radius 2 is 1.72 bits per heavy atom. The van der Waals surface area contributed by atoms with Gasteiger partial charge in [0, 0.05) is 19.2 Å². The average molecular weight is 560 g/mol. The molecule has 0 spiro atoms. The number of benzene rings is 3. The Balaban J connectivity index is 1.56. The predicted molar refractivity (Wildman–Crippen MR) is 125 cm³/mol. The number of rotatable bonds is 5. The second kappa shape index (κ2) is 8.92. The molecule has 0 aromatic heterocycles. The zero-order valence-electron chi connectivity index (χ0n) is 15.1. The van der Waals surface area contributed by atoms with Crippen molar-refractivity contribution in [3.8, 4) is 5.75 Å². The van der Waals surface area contributed by atoms with E-state index in [1.165, 1.54) is 0 Å². The second-order valence-electron chi connectivity index (χ2n) is 6.30. The maximum atomic E-state index is 12.3. The minimum Gasteiger partial charge on any atom is -0.488 e. The third kappa shape index (κ3) is 4.94. The lowest BCUT2D eigenvalue weighted by molar-refractivity contribution is -0.129. The highest BCUT2D eigenvalue weighted by atomic mass is 127. The molecule has 144 valence electrons. The quantitative estimate of drug-likeness (QED) is 0.219. The molecule has 0 fully saturated rings. The Morgan fingerprint density at radius 1 is 1.00 bits per heavy atom. The van der Waals surface area contributed by atoms with Crippen LogP contribution in [0.2, 0.25) is 0 Å². The normalized spacial score (nSPS) is 14.6. The van der Waals surface area contributed by atoms with E-state index in [0.29, 0.717) is 18.3 Å². The average Bonchev–Trinajstić information content (AvgIpc) is 3.09. The summed E-state index contributed by atoms with van der Waals surface area (Å²) in [5, 5.41) is 0. The summed E-state index contributed by atoms with van der Waals surface area (Å²) < 4.78 is 13.4. The number of halogens is 2. The van der Waals surface area contributed by atoms with Crippen molar-refractivity contribution in [2.24, 2.45) is 4.99 Å². The van der Waals surface area contributed by atoms with Crippen molar-refractivity contribution in [3.63, 3.8) is 0 Å². The molecule has 0 N–H and O–H groups in total. The van der Waals surface area contributed by atoms with E-state index in [1.54, 1.807) is 6.08 Å². The Bertz CT molecular complexity index is 1110. The summed E-state index contributed by atoms with van der Waals surface area (Å²) in [6.07, 6.45) is 1.69. The number of ether oxygens (including phenoxy) is 2. The molecule has 6 heteroatoms. The number of hydrogen-bond acceptors (Lipinski definition) is 4. The van der Waals surface area contributed by atoms with Crippen LogP contribution in [0.3, 0.4) is 0 Å². The summed E-state index contributed by atoms with van der Waals surface area (Å²) in [5.74, 6) is 0.515. The maximum Gasteiger partial charge on any atom is 0.363 e. The molecule has 0 radical (unpaired) electrons. The van der Waals surface area contributed by atoms with Gasteiger partial charge in [-0.05, 0) is 76.7 Å². The lowest BCUT2D eigenvalue weighted by Gasteiger charge is -2.09. The van der Waals surface area contributed by atoms with Crippen molar-refractivity contribution in [3.05, 3.63) is 103 Å². The van der Waals surface area contributed by atoms with Crippen molar-refractivity contribution in [1.29, 1.82) is 0 Å². The van der Waals surface area contributed by atoms with Crippen LogP contribution in [-0.2, 0) is 16.1 Å². The monoisotopic (exact) mass is 559 g/mol. The predicted octanol–water partition coefficient (Wildman–Crippen LogP) is 5.98. The van der Waals surface area contributed by atoms with E-state index >= 15 is 0 Å². The van der Waals surface area contributed by atoms with Gasteiger partial charge in [0.1, 0.15) is 12.4 Å². The topological polar surface area (TPSA) is 47.9 Å². The van der Waals surface area contributed by atoms with Crippen LogP contribution in [0, 0.1) is 3.57 Å². The van der Waals surface area contributed by atoms with E-state index in [9.17, 15) is 4.79 Å². The molecule has 0 aliphatic carbocycles. The fourth-order valence-electron chi connectivity index (χ4n) is 2.75. The van der Waals surface area contributed by atoms with Crippen LogP contribution in [-0.4, -0.2) is 11.9 Å². The molecule has 0 atom stereocenters. The lowest BCUT2D eigenvalue weighted by Crippen LogP contribution is -2.05. The van der Waals surface area contributed by atoms with Gasteiger partial charge in [-0.1, -0.05) is 46.3 Å². The van der Waals surface area contributed by atoms with E-state index in [1.807, 2.05) is 72.8 Å². The van der Waals surface area contributed by atoms with Crippen molar-refractivity contribution >= 4 is 56.5 Å². The largest absolute Gasteiger partial charge is 0.488 e. The van der Waals surface area contributed by atoms with Crippen molar-refractivity contribution in [2.45, 2.75) is 6.61 Å². The van der Waals surface area contributed by atoms with E-state index < -0.39 is 5.97 Å². The van der Waals surface area contributed by atoms with Crippen LogP contribution < -0.4 is 4.74 Å². The van der Waals surface area contributed by atoms with E-state index in [-0.39, 0.29) is 5.70 Å². The highest BCUT2D eigenvalue weighted by Gasteiger charge is 2.24. The van der Waals surface area contributed by atoms with E-state index in [2.05, 4.69) is 43.5 Å². The third-order valence-corrected chi connectivity index (χ3v) is 5.48. The molecule has 1 aliphatic heterocycles. The number of aliphatic imine (C=N–C) groups is 1. The zero-order valence-corrected chi connectivity index (χ0v) is 18.9. The van der Waals surface area contributed by atoms with Gasteiger partial charge in [-0.15, -0.1) is 0 Å². The summed E-state index contributed by atoms with van der Waals surface area (Å²) >= 11 is 5.65. The van der Waals surface area contributed by atoms with Crippen molar-refractivity contribution in [1.82, 2.24) is 0 Å². The van der Waals surface area contributed by atoms with E-state index in [0.717, 1.165) is 24.7 Å². The number of carbonyl (C=O) groups is 1. The number of nitrogens with zero attached hydrogens (tertiary/aromatic N) is 1. The van der Waals surface area contributed by atoms with Crippen molar-refractivity contribution < 1.29 is 14.3 Å².